The van der Waals surface area contributed by atoms with E-state index in [0.717, 1.165) is 37.0 Å². The van der Waals surface area contributed by atoms with E-state index in [-0.39, 0.29) is 5.91 Å². The largest absolute Gasteiger partial charge is 0.439 e. The summed E-state index contributed by atoms with van der Waals surface area (Å²) >= 11 is 0. The van der Waals surface area contributed by atoms with Crippen molar-refractivity contribution in [1.29, 1.82) is 0 Å². The molecule has 21 heavy (non-hydrogen) atoms. The van der Waals surface area contributed by atoms with Crippen LogP contribution >= 0.6 is 0 Å². The molecule has 0 atom stereocenters. The van der Waals surface area contributed by atoms with Gasteiger partial charge in [-0.25, -0.2) is 4.98 Å². The van der Waals surface area contributed by atoms with Crippen molar-refractivity contribution in [2.45, 2.75) is 25.8 Å². The molecule has 2 heterocycles. The number of amides is 1. The molecule has 3 rings (SSSR count). The second-order valence-electron chi connectivity index (χ2n) is 5.72. The first-order valence-corrected chi connectivity index (χ1v) is 7.26. The fourth-order valence-corrected chi connectivity index (χ4v) is 2.88. The molecule has 0 aliphatic carbocycles. The number of carbonyl (C=O) groups excluding carboxylic acids is 1. The number of oxazole rings is 1. The van der Waals surface area contributed by atoms with E-state index in [1.54, 1.807) is 6.07 Å². The Balaban J connectivity index is 1.60. The van der Waals surface area contributed by atoms with Crippen LogP contribution in [0.2, 0.25) is 0 Å². The molecule has 0 unspecified atom stereocenters. The third-order valence-corrected chi connectivity index (χ3v) is 4.01. The van der Waals surface area contributed by atoms with Crippen molar-refractivity contribution in [1.82, 2.24) is 9.88 Å². The summed E-state index contributed by atoms with van der Waals surface area (Å²) in [5.41, 5.74) is 13.2. The number of rotatable bonds is 4. The number of likely N-dealkylation sites (tertiary alicyclic amines) is 1. The van der Waals surface area contributed by atoms with Crippen LogP contribution in [0.25, 0.3) is 11.1 Å². The van der Waals surface area contributed by atoms with Gasteiger partial charge in [0.25, 0.3) is 0 Å². The molecule has 0 spiro atoms. The van der Waals surface area contributed by atoms with Crippen molar-refractivity contribution in [3.05, 3.63) is 24.1 Å². The lowest BCUT2D eigenvalue weighted by molar-refractivity contribution is -0.119. The summed E-state index contributed by atoms with van der Waals surface area (Å²) in [4.78, 5) is 17.7. The van der Waals surface area contributed by atoms with Gasteiger partial charge in [-0.1, -0.05) is 0 Å². The minimum atomic E-state index is -0.204. The number of benzene rings is 1. The van der Waals surface area contributed by atoms with E-state index in [2.05, 4.69) is 9.88 Å². The van der Waals surface area contributed by atoms with Crippen molar-refractivity contribution < 1.29 is 9.21 Å². The summed E-state index contributed by atoms with van der Waals surface area (Å²) in [6.07, 6.45) is 2.49. The van der Waals surface area contributed by atoms with Gasteiger partial charge in [-0.3, -0.25) is 9.69 Å². The monoisotopic (exact) mass is 288 g/mol. The smallest absolute Gasteiger partial charge is 0.217 e. The van der Waals surface area contributed by atoms with Gasteiger partial charge in [-0.05, 0) is 44.0 Å². The molecule has 1 aliphatic rings. The lowest BCUT2D eigenvalue weighted by Crippen LogP contribution is -2.34. The van der Waals surface area contributed by atoms with Gasteiger partial charge in [0.15, 0.2) is 5.58 Å². The number of aromatic nitrogens is 1. The molecule has 1 amide bonds. The van der Waals surface area contributed by atoms with Gasteiger partial charge in [0, 0.05) is 18.2 Å². The molecule has 0 saturated carbocycles. The Hall–Kier alpha value is -2.08. The van der Waals surface area contributed by atoms with Crippen LogP contribution < -0.4 is 11.5 Å². The van der Waals surface area contributed by atoms with Crippen LogP contribution in [0.15, 0.2) is 22.6 Å². The zero-order valence-corrected chi connectivity index (χ0v) is 11.9. The minimum Gasteiger partial charge on any atom is -0.439 e. The van der Waals surface area contributed by atoms with E-state index in [4.69, 9.17) is 15.9 Å². The number of anilines is 1. The molecule has 1 aliphatic heterocycles. The number of piperidine rings is 1. The molecule has 1 fully saturated rings. The maximum Gasteiger partial charge on any atom is 0.217 e. The van der Waals surface area contributed by atoms with E-state index >= 15 is 0 Å². The van der Waals surface area contributed by atoms with E-state index in [1.165, 1.54) is 0 Å². The topological polar surface area (TPSA) is 98.4 Å². The Bertz CT molecular complexity index is 644. The van der Waals surface area contributed by atoms with Crippen LogP contribution in [0.5, 0.6) is 0 Å². The predicted molar refractivity (Wildman–Crippen MR) is 80.2 cm³/mol. The molecule has 4 N–H and O–H groups in total. The van der Waals surface area contributed by atoms with Gasteiger partial charge >= 0.3 is 0 Å². The van der Waals surface area contributed by atoms with E-state index in [0.29, 0.717) is 30.5 Å². The Morgan fingerprint density at radius 2 is 2.14 bits per heavy atom. The van der Waals surface area contributed by atoms with Gasteiger partial charge in [0.05, 0.1) is 6.54 Å². The van der Waals surface area contributed by atoms with Gasteiger partial charge < -0.3 is 15.9 Å². The summed E-state index contributed by atoms with van der Waals surface area (Å²) in [7, 11) is 0. The van der Waals surface area contributed by atoms with Gasteiger partial charge in [0.2, 0.25) is 11.8 Å². The Labute approximate surface area is 123 Å². The molecular weight excluding hydrogens is 268 g/mol. The fraction of sp³-hybridized carbons (Fsp3) is 0.467. The van der Waals surface area contributed by atoms with Crippen LogP contribution in [0.3, 0.4) is 0 Å². The van der Waals surface area contributed by atoms with E-state index in [1.807, 2.05) is 12.1 Å². The second-order valence-corrected chi connectivity index (χ2v) is 5.72. The normalized spacial score (nSPS) is 17.3. The van der Waals surface area contributed by atoms with Crippen molar-refractivity contribution in [2.24, 2.45) is 11.7 Å². The quantitative estimate of drug-likeness (QED) is 0.831. The second kappa shape index (κ2) is 5.73. The van der Waals surface area contributed by atoms with Crippen molar-refractivity contribution in [2.75, 3.05) is 18.8 Å². The Kier molecular flexibility index (Phi) is 3.79. The highest BCUT2D eigenvalue weighted by Crippen LogP contribution is 2.23. The summed E-state index contributed by atoms with van der Waals surface area (Å²) in [5, 5.41) is 0. The standard InChI is InChI=1S/C15H20N4O2/c16-11-1-2-12-13(8-11)21-15(18-12)9-19-5-3-10(4-6-19)7-14(17)20/h1-2,8,10H,3-7,9,16H2,(H2,17,20). The maximum atomic E-state index is 10.9. The van der Waals surface area contributed by atoms with Gasteiger partial charge in [0.1, 0.15) is 5.52 Å². The molecule has 0 radical (unpaired) electrons. The first-order valence-electron chi connectivity index (χ1n) is 7.26. The molecule has 6 heteroatoms. The van der Waals surface area contributed by atoms with Crippen LogP contribution in [-0.4, -0.2) is 28.9 Å². The Morgan fingerprint density at radius 3 is 2.86 bits per heavy atom. The lowest BCUT2D eigenvalue weighted by atomic mass is 9.93. The summed E-state index contributed by atoms with van der Waals surface area (Å²) < 4.78 is 5.74. The number of fused-ring (bicyclic) bond motifs is 1. The zero-order chi connectivity index (χ0) is 14.8. The Morgan fingerprint density at radius 1 is 1.38 bits per heavy atom. The number of nitrogens with zero attached hydrogens (tertiary/aromatic N) is 2. The van der Waals surface area contributed by atoms with Crippen LogP contribution in [0, 0.1) is 5.92 Å². The third-order valence-electron chi connectivity index (χ3n) is 4.01. The van der Waals surface area contributed by atoms with Crippen LogP contribution in [0.1, 0.15) is 25.2 Å². The molecule has 1 saturated heterocycles. The lowest BCUT2D eigenvalue weighted by Gasteiger charge is -2.30. The molecule has 1 aromatic heterocycles. The van der Waals surface area contributed by atoms with Crippen LogP contribution in [0.4, 0.5) is 5.69 Å². The van der Waals surface area contributed by atoms with Crippen molar-refractivity contribution in [3.63, 3.8) is 0 Å². The molecular formula is C15H20N4O2. The molecule has 112 valence electrons. The first-order chi connectivity index (χ1) is 10.1. The summed E-state index contributed by atoms with van der Waals surface area (Å²) in [6, 6.07) is 5.49. The van der Waals surface area contributed by atoms with E-state index < -0.39 is 0 Å². The number of hydrogen-bond acceptors (Lipinski definition) is 5. The molecule has 1 aromatic carbocycles. The highest BCUT2D eigenvalue weighted by molar-refractivity contribution is 5.76. The van der Waals surface area contributed by atoms with Gasteiger partial charge in [-0.2, -0.15) is 0 Å². The fourth-order valence-electron chi connectivity index (χ4n) is 2.88. The number of nitrogen functional groups attached to an aromatic ring is 1. The predicted octanol–water partition coefficient (Wildman–Crippen LogP) is 1.50. The SMILES string of the molecule is NC(=O)CC1CCN(Cc2nc3ccc(N)cc3o2)CC1. The molecule has 6 nitrogen and oxygen atoms in total. The van der Waals surface area contributed by atoms with Gasteiger partial charge in [-0.15, -0.1) is 0 Å². The summed E-state index contributed by atoms with van der Waals surface area (Å²) in [5.74, 6) is 0.927. The number of hydrogen-bond donors (Lipinski definition) is 2. The highest BCUT2D eigenvalue weighted by Gasteiger charge is 2.21. The molecule has 0 bridgehead atoms. The number of carbonyl (C=O) groups is 1. The highest BCUT2D eigenvalue weighted by atomic mass is 16.3. The first kappa shape index (κ1) is 13.9. The van der Waals surface area contributed by atoms with Crippen LogP contribution in [-0.2, 0) is 11.3 Å². The minimum absolute atomic E-state index is 0.204. The molecule has 2 aromatic rings. The maximum absolute atomic E-state index is 10.9. The van der Waals surface area contributed by atoms with Crippen molar-refractivity contribution in [3.8, 4) is 0 Å². The average molecular weight is 288 g/mol. The average Bonchev–Trinajstić information content (AvgIpc) is 2.82. The van der Waals surface area contributed by atoms with Crippen molar-refractivity contribution >= 4 is 22.7 Å². The summed E-state index contributed by atoms with van der Waals surface area (Å²) in [6.45, 7) is 2.58. The zero-order valence-electron chi connectivity index (χ0n) is 11.9. The number of primary amides is 1. The third kappa shape index (κ3) is 3.33. The number of nitrogens with two attached hydrogens (primary N) is 2. The van der Waals surface area contributed by atoms with E-state index in [9.17, 15) is 4.79 Å².